The van der Waals surface area contributed by atoms with Gasteiger partial charge in [-0.2, -0.15) is 17.0 Å². The summed E-state index contributed by atoms with van der Waals surface area (Å²) in [6.07, 6.45) is 3.59. The van der Waals surface area contributed by atoms with Crippen molar-refractivity contribution in [1.82, 2.24) is 18.4 Å². The topological polar surface area (TPSA) is 98.3 Å². The Bertz CT molecular complexity index is 720. The Morgan fingerprint density at radius 3 is 1.97 bits per heavy atom. The van der Waals surface area contributed by atoms with Crippen molar-refractivity contribution < 1.29 is 22.8 Å². The Morgan fingerprint density at radius 1 is 0.966 bits per heavy atom. The molecule has 0 aromatic carbocycles. The zero-order valence-electron chi connectivity index (χ0n) is 17.4. The molecule has 2 aliphatic heterocycles. The Kier molecular flexibility index (Phi) is 6.95. The first-order valence-electron chi connectivity index (χ1n) is 10.7. The van der Waals surface area contributed by atoms with Gasteiger partial charge in [-0.05, 0) is 12.8 Å². The second kappa shape index (κ2) is 9.09. The van der Waals surface area contributed by atoms with E-state index in [9.17, 15) is 22.8 Å². The number of likely N-dealkylation sites (tertiary alicyclic amines) is 1. The maximum atomic E-state index is 12.6. The van der Waals surface area contributed by atoms with Gasteiger partial charge in [-0.15, -0.1) is 0 Å². The predicted molar refractivity (Wildman–Crippen MR) is 107 cm³/mol. The van der Waals surface area contributed by atoms with Gasteiger partial charge in [0.05, 0.1) is 11.8 Å². The SMILES string of the molecule is CCN(CC)S(=O)(=O)N1CCN(C(=O)CCN2C(=O)C3CCCCC3C2=O)CC1. The largest absolute Gasteiger partial charge is 0.340 e. The molecule has 9 nitrogen and oxygen atoms in total. The zero-order valence-corrected chi connectivity index (χ0v) is 18.2. The Hall–Kier alpha value is -1.52. The van der Waals surface area contributed by atoms with Crippen LogP contribution in [-0.2, 0) is 24.6 Å². The molecule has 3 amide bonds. The highest BCUT2D eigenvalue weighted by atomic mass is 32.2. The second-order valence-electron chi connectivity index (χ2n) is 7.95. The molecule has 1 aliphatic carbocycles. The van der Waals surface area contributed by atoms with Gasteiger partial charge < -0.3 is 4.90 Å². The number of rotatable bonds is 7. The summed E-state index contributed by atoms with van der Waals surface area (Å²) in [6.45, 7) is 5.73. The lowest BCUT2D eigenvalue weighted by atomic mass is 9.81. The number of imide groups is 1. The molecule has 1 saturated carbocycles. The summed E-state index contributed by atoms with van der Waals surface area (Å²) < 4.78 is 28.0. The molecule has 10 heteroatoms. The number of piperazine rings is 1. The summed E-state index contributed by atoms with van der Waals surface area (Å²) in [5.74, 6) is -0.772. The third-order valence-electron chi connectivity index (χ3n) is 6.43. The van der Waals surface area contributed by atoms with Crippen LogP contribution in [0, 0.1) is 11.8 Å². The summed E-state index contributed by atoms with van der Waals surface area (Å²) in [7, 11) is -3.49. The van der Waals surface area contributed by atoms with E-state index in [2.05, 4.69) is 0 Å². The van der Waals surface area contributed by atoms with Crippen molar-refractivity contribution in [2.45, 2.75) is 46.0 Å². The summed E-state index contributed by atoms with van der Waals surface area (Å²) in [5.41, 5.74) is 0. The Morgan fingerprint density at radius 2 is 1.48 bits per heavy atom. The molecule has 0 aromatic rings. The number of fused-ring (bicyclic) bond motifs is 1. The van der Waals surface area contributed by atoms with Crippen LogP contribution < -0.4 is 0 Å². The van der Waals surface area contributed by atoms with Crippen LogP contribution in [0.2, 0.25) is 0 Å². The minimum atomic E-state index is -3.49. The van der Waals surface area contributed by atoms with Crippen molar-refractivity contribution in [3.8, 4) is 0 Å². The van der Waals surface area contributed by atoms with Crippen molar-refractivity contribution in [3.63, 3.8) is 0 Å². The molecule has 3 aliphatic rings. The van der Waals surface area contributed by atoms with E-state index in [0.717, 1.165) is 25.7 Å². The highest BCUT2D eigenvalue weighted by molar-refractivity contribution is 7.86. The second-order valence-corrected chi connectivity index (χ2v) is 9.88. The average molecular weight is 429 g/mol. The van der Waals surface area contributed by atoms with Gasteiger partial charge in [0.1, 0.15) is 0 Å². The first kappa shape index (κ1) is 22.2. The van der Waals surface area contributed by atoms with Crippen LogP contribution in [0.4, 0.5) is 0 Å². The fourth-order valence-electron chi connectivity index (χ4n) is 4.70. The highest BCUT2D eigenvalue weighted by Gasteiger charge is 2.48. The van der Waals surface area contributed by atoms with E-state index in [1.54, 1.807) is 18.7 Å². The van der Waals surface area contributed by atoms with E-state index in [-0.39, 0.29) is 55.6 Å². The Labute approximate surface area is 173 Å². The molecule has 3 rings (SSSR count). The van der Waals surface area contributed by atoms with Crippen LogP contribution in [0.25, 0.3) is 0 Å². The third-order valence-corrected chi connectivity index (χ3v) is 8.62. The molecule has 3 fully saturated rings. The number of amides is 3. The summed E-state index contributed by atoms with van der Waals surface area (Å²) in [6, 6.07) is 0. The molecule has 0 N–H and O–H groups in total. The summed E-state index contributed by atoms with van der Waals surface area (Å²) in [4.78, 5) is 40.5. The van der Waals surface area contributed by atoms with Gasteiger partial charge >= 0.3 is 0 Å². The summed E-state index contributed by atoms with van der Waals surface area (Å²) >= 11 is 0. The number of carbonyl (C=O) groups is 3. The minimum Gasteiger partial charge on any atom is -0.340 e. The van der Waals surface area contributed by atoms with Crippen LogP contribution in [0.1, 0.15) is 46.0 Å². The third kappa shape index (κ3) is 4.34. The maximum Gasteiger partial charge on any atom is 0.282 e. The fraction of sp³-hybridized carbons (Fsp3) is 0.842. The molecule has 0 spiro atoms. The average Bonchev–Trinajstić information content (AvgIpc) is 2.97. The maximum absolute atomic E-state index is 12.6. The Balaban J connectivity index is 1.50. The van der Waals surface area contributed by atoms with E-state index < -0.39 is 10.2 Å². The van der Waals surface area contributed by atoms with Crippen molar-refractivity contribution in [1.29, 1.82) is 0 Å². The van der Waals surface area contributed by atoms with E-state index in [0.29, 0.717) is 26.2 Å². The van der Waals surface area contributed by atoms with Gasteiger partial charge in [-0.25, -0.2) is 0 Å². The molecular weight excluding hydrogens is 396 g/mol. The first-order chi connectivity index (χ1) is 13.8. The normalized spacial score (nSPS) is 26.3. The van der Waals surface area contributed by atoms with Gasteiger partial charge in [-0.3, -0.25) is 19.3 Å². The van der Waals surface area contributed by atoms with Crippen LogP contribution >= 0.6 is 0 Å². The lowest BCUT2D eigenvalue weighted by Crippen LogP contribution is -2.54. The van der Waals surface area contributed by atoms with Crippen LogP contribution in [0.5, 0.6) is 0 Å². The van der Waals surface area contributed by atoms with Gasteiger partial charge in [0.2, 0.25) is 17.7 Å². The van der Waals surface area contributed by atoms with E-state index in [1.807, 2.05) is 0 Å². The smallest absolute Gasteiger partial charge is 0.282 e. The van der Waals surface area contributed by atoms with E-state index in [4.69, 9.17) is 0 Å². The fourth-order valence-corrected chi connectivity index (χ4v) is 6.30. The zero-order chi connectivity index (χ0) is 21.2. The number of hydrogen-bond acceptors (Lipinski definition) is 5. The van der Waals surface area contributed by atoms with Gasteiger partial charge in [-0.1, -0.05) is 26.7 Å². The van der Waals surface area contributed by atoms with Crippen molar-refractivity contribution in [3.05, 3.63) is 0 Å². The highest BCUT2D eigenvalue weighted by Crippen LogP contribution is 2.38. The standard InChI is InChI=1S/C19H32N4O5S/c1-3-21(4-2)29(27,28)22-13-11-20(12-14-22)17(24)9-10-23-18(25)15-7-5-6-8-16(15)19(23)26/h15-16H,3-14H2,1-2H3. The molecule has 2 unspecified atom stereocenters. The van der Waals surface area contributed by atoms with Crippen molar-refractivity contribution in [2.75, 3.05) is 45.8 Å². The number of carbonyl (C=O) groups excluding carboxylic acids is 3. The van der Waals surface area contributed by atoms with Gasteiger partial charge in [0.15, 0.2) is 0 Å². The first-order valence-corrected chi connectivity index (χ1v) is 12.1. The number of hydrogen-bond donors (Lipinski definition) is 0. The number of nitrogens with zero attached hydrogens (tertiary/aromatic N) is 4. The predicted octanol–water partition coefficient (Wildman–Crippen LogP) is 0.283. The molecule has 29 heavy (non-hydrogen) atoms. The van der Waals surface area contributed by atoms with Gasteiger partial charge in [0, 0.05) is 52.2 Å². The molecule has 2 atom stereocenters. The summed E-state index contributed by atoms with van der Waals surface area (Å²) in [5, 5.41) is 0. The molecule has 0 bridgehead atoms. The molecule has 2 saturated heterocycles. The van der Waals surface area contributed by atoms with Crippen molar-refractivity contribution >= 4 is 27.9 Å². The molecule has 2 heterocycles. The van der Waals surface area contributed by atoms with Crippen LogP contribution in [0.3, 0.4) is 0 Å². The quantitative estimate of drug-likeness (QED) is 0.543. The van der Waals surface area contributed by atoms with Gasteiger partial charge in [0.25, 0.3) is 10.2 Å². The van der Waals surface area contributed by atoms with Crippen molar-refractivity contribution in [2.24, 2.45) is 11.8 Å². The van der Waals surface area contributed by atoms with Crippen LogP contribution in [-0.4, -0.2) is 90.4 Å². The molecule has 164 valence electrons. The lowest BCUT2D eigenvalue weighted by Gasteiger charge is -2.36. The van der Waals surface area contributed by atoms with E-state index in [1.165, 1.54) is 13.5 Å². The van der Waals surface area contributed by atoms with E-state index >= 15 is 0 Å². The minimum absolute atomic E-state index is 0.0969. The molecule has 0 aromatic heterocycles. The monoisotopic (exact) mass is 428 g/mol. The molecule has 0 radical (unpaired) electrons. The molecular formula is C19H32N4O5S. The lowest BCUT2D eigenvalue weighted by molar-refractivity contribution is -0.141. The van der Waals surface area contributed by atoms with Crippen LogP contribution in [0.15, 0.2) is 0 Å².